The summed E-state index contributed by atoms with van der Waals surface area (Å²) in [6, 6.07) is 8.80. The van der Waals surface area contributed by atoms with Crippen LogP contribution < -0.4 is 15.2 Å². The summed E-state index contributed by atoms with van der Waals surface area (Å²) < 4.78 is 10.4. The summed E-state index contributed by atoms with van der Waals surface area (Å²) in [7, 11) is 3.17. The number of methoxy groups -OCH3 is 2. The molecule has 0 amide bonds. The summed E-state index contributed by atoms with van der Waals surface area (Å²) in [5, 5.41) is 0.754. The monoisotopic (exact) mass is 324 g/mol. The number of nitrogens with zero attached hydrogens (tertiary/aromatic N) is 1. The zero-order chi connectivity index (χ0) is 15.4. The lowest BCUT2D eigenvalue weighted by atomic mass is 10.2. The largest absolute Gasteiger partial charge is 0.493 e. The van der Waals surface area contributed by atoms with Gasteiger partial charge in [-0.2, -0.15) is 0 Å². The maximum absolute atomic E-state index is 5.97. The summed E-state index contributed by atoms with van der Waals surface area (Å²) in [6.45, 7) is 0. The summed E-state index contributed by atoms with van der Waals surface area (Å²) in [5.74, 6) is 1.29. The van der Waals surface area contributed by atoms with Crippen LogP contribution in [-0.4, -0.2) is 20.4 Å². The minimum Gasteiger partial charge on any atom is -0.493 e. The van der Waals surface area contributed by atoms with Crippen LogP contribution >= 0.6 is 23.2 Å². The van der Waals surface area contributed by atoms with Crippen LogP contribution in [0.4, 0.5) is 11.4 Å². The minimum absolute atomic E-state index is 0.350. The standard InChI is InChI=1S/C15H14Cl2N2O2/c1-20-13-4-3-9(5-14(13)21-2)8-19-10-6-11(16)15(18)12(17)7-10/h3-8H,18H2,1-2H3. The molecule has 2 rings (SSSR count). The van der Waals surface area contributed by atoms with Crippen molar-refractivity contribution in [1.29, 1.82) is 0 Å². The first-order chi connectivity index (χ1) is 10.0. The van der Waals surface area contributed by atoms with Crippen LogP contribution in [-0.2, 0) is 0 Å². The normalized spacial score (nSPS) is 10.9. The van der Waals surface area contributed by atoms with E-state index in [1.807, 2.05) is 18.2 Å². The Morgan fingerprint density at radius 1 is 1.00 bits per heavy atom. The van der Waals surface area contributed by atoms with Gasteiger partial charge in [0.25, 0.3) is 0 Å². The fourth-order valence-electron chi connectivity index (χ4n) is 1.73. The number of hydrogen-bond donors (Lipinski definition) is 1. The Morgan fingerprint density at radius 3 is 2.19 bits per heavy atom. The molecule has 0 aliphatic heterocycles. The average molecular weight is 325 g/mol. The van der Waals surface area contributed by atoms with Gasteiger partial charge in [0, 0.05) is 6.21 Å². The maximum Gasteiger partial charge on any atom is 0.161 e. The van der Waals surface area contributed by atoms with Gasteiger partial charge in [0.15, 0.2) is 11.5 Å². The lowest BCUT2D eigenvalue weighted by Gasteiger charge is -2.07. The fraction of sp³-hybridized carbons (Fsp3) is 0.133. The Kier molecular flexibility index (Phi) is 4.94. The van der Waals surface area contributed by atoms with Gasteiger partial charge in [-0.25, -0.2) is 0 Å². The Bertz CT molecular complexity index is 664. The molecule has 0 spiro atoms. The highest BCUT2D eigenvalue weighted by molar-refractivity contribution is 6.39. The van der Waals surface area contributed by atoms with Crippen molar-refractivity contribution in [1.82, 2.24) is 0 Å². The summed E-state index contributed by atoms with van der Waals surface area (Å²) in [5.41, 5.74) is 7.51. The van der Waals surface area contributed by atoms with Crippen LogP contribution in [0.25, 0.3) is 0 Å². The van der Waals surface area contributed by atoms with Gasteiger partial charge >= 0.3 is 0 Å². The Labute approximate surface area is 133 Å². The third-order valence-corrected chi connectivity index (χ3v) is 3.46. The number of ether oxygens (including phenoxy) is 2. The minimum atomic E-state index is 0.350. The molecule has 0 aliphatic carbocycles. The Balaban J connectivity index is 2.29. The SMILES string of the molecule is COc1ccc(C=Nc2cc(Cl)c(N)c(Cl)c2)cc1OC. The first-order valence-corrected chi connectivity index (χ1v) is 6.81. The van der Waals surface area contributed by atoms with E-state index in [4.69, 9.17) is 38.4 Å². The third kappa shape index (κ3) is 3.60. The van der Waals surface area contributed by atoms with Gasteiger partial charge in [0.1, 0.15) is 0 Å². The Hall–Kier alpha value is -1.91. The highest BCUT2D eigenvalue weighted by atomic mass is 35.5. The molecule has 4 nitrogen and oxygen atoms in total. The highest BCUT2D eigenvalue weighted by Crippen LogP contribution is 2.32. The van der Waals surface area contributed by atoms with Crippen LogP contribution in [0.5, 0.6) is 11.5 Å². The van der Waals surface area contributed by atoms with Crippen molar-refractivity contribution >= 4 is 40.8 Å². The lowest BCUT2D eigenvalue weighted by molar-refractivity contribution is 0.355. The van der Waals surface area contributed by atoms with E-state index in [1.54, 1.807) is 32.6 Å². The number of anilines is 1. The Morgan fingerprint density at radius 2 is 1.62 bits per heavy atom. The van der Waals surface area contributed by atoms with E-state index < -0.39 is 0 Å². The first-order valence-electron chi connectivity index (χ1n) is 6.05. The molecule has 0 bridgehead atoms. The molecule has 0 aromatic heterocycles. The number of rotatable bonds is 4. The number of halogens is 2. The van der Waals surface area contributed by atoms with Crippen molar-refractivity contribution < 1.29 is 9.47 Å². The molecule has 2 aromatic rings. The zero-order valence-electron chi connectivity index (χ0n) is 11.6. The topological polar surface area (TPSA) is 56.8 Å². The van der Waals surface area contributed by atoms with E-state index in [1.165, 1.54) is 0 Å². The quantitative estimate of drug-likeness (QED) is 0.672. The molecule has 21 heavy (non-hydrogen) atoms. The van der Waals surface area contributed by atoms with Crippen LogP contribution in [0, 0.1) is 0 Å². The molecular weight excluding hydrogens is 311 g/mol. The molecular formula is C15H14Cl2N2O2. The van der Waals surface area contributed by atoms with Gasteiger partial charge < -0.3 is 15.2 Å². The van der Waals surface area contributed by atoms with E-state index in [0.717, 1.165) is 5.56 Å². The molecule has 0 aliphatic rings. The second-order valence-electron chi connectivity index (χ2n) is 4.20. The average Bonchev–Trinajstić information content (AvgIpc) is 2.50. The van der Waals surface area contributed by atoms with E-state index >= 15 is 0 Å². The smallest absolute Gasteiger partial charge is 0.161 e. The van der Waals surface area contributed by atoms with Crippen LogP contribution in [0.1, 0.15) is 5.56 Å². The van der Waals surface area contributed by atoms with Crippen molar-refractivity contribution in [2.75, 3.05) is 20.0 Å². The highest BCUT2D eigenvalue weighted by Gasteiger charge is 2.05. The molecule has 110 valence electrons. The predicted molar refractivity (Wildman–Crippen MR) is 87.7 cm³/mol. The van der Waals surface area contributed by atoms with Gasteiger partial charge in [0.2, 0.25) is 0 Å². The summed E-state index contributed by atoms with van der Waals surface area (Å²) >= 11 is 11.9. The zero-order valence-corrected chi connectivity index (χ0v) is 13.1. The second kappa shape index (κ2) is 6.70. The molecule has 0 heterocycles. The van der Waals surface area contributed by atoms with E-state index in [-0.39, 0.29) is 0 Å². The molecule has 0 atom stereocenters. The number of nitrogen functional groups attached to an aromatic ring is 1. The number of nitrogens with two attached hydrogens (primary N) is 1. The van der Waals surface area contributed by atoms with Crippen molar-refractivity contribution in [2.24, 2.45) is 4.99 Å². The molecule has 0 radical (unpaired) electrons. The number of benzene rings is 2. The maximum atomic E-state index is 5.97. The van der Waals surface area contributed by atoms with Crippen molar-refractivity contribution in [3.05, 3.63) is 45.9 Å². The van der Waals surface area contributed by atoms with Crippen molar-refractivity contribution in [3.8, 4) is 11.5 Å². The first kappa shape index (κ1) is 15.5. The van der Waals surface area contributed by atoms with Gasteiger partial charge in [-0.1, -0.05) is 23.2 Å². The summed E-state index contributed by atoms with van der Waals surface area (Å²) in [6.07, 6.45) is 1.68. The number of hydrogen-bond acceptors (Lipinski definition) is 4. The third-order valence-electron chi connectivity index (χ3n) is 2.83. The predicted octanol–water partition coefficient (Wildman–Crippen LogP) is 4.34. The van der Waals surface area contributed by atoms with E-state index in [0.29, 0.717) is 32.9 Å². The number of aliphatic imine (C=N–C) groups is 1. The van der Waals surface area contributed by atoms with Crippen molar-refractivity contribution in [3.63, 3.8) is 0 Å². The van der Waals surface area contributed by atoms with Gasteiger partial charge in [0.05, 0.1) is 35.6 Å². The van der Waals surface area contributed by atoms with Crippen LogP contribution in [0.3, 0.4) is 0 Å². The lowest BCUT2D eigenvalue weighted by Crippen LogP contribution is -1.92. The van der Waals surface area contributed by atoms with Gasteiger partial charge in [-0.05, 0) is 35.9 Å². The fourth-order valence-corrected chi connectivity index (χ4v) is 2.20. The molecule has 0 fully saturated rings. The second-order valence-corrected chi connectivity index (χ2v) is 5.01. The van der Waals surface area contributed by atoms with Gasteiger partial charge in [-0.15, -0.1) is 0 Å². The molecule has 6 heteroatoms. The molecule has 2 aromatic carbocycles. The van der Waals surface area contributed by atoms with Gasteiger partial charge in [-0.3, -0.25) is 4.99 Å². The van der Waals surface area contributed by atoms with Crippen LogP contribution in [0.2, 0.25) is 10.0 Å². The van der Waals surface area contributed by atoms with E-state index in [2.05, 4.69) is 4.99 Å². The summed E-state index contributed by atoms with van der Waals surface area (Å²) in [4.78, 5) is 4.32. The molecule has 0 unspecified atom stereocenters. The van der Waals surface area contributed by atoms with Crippen LogP contribution in [0.15, 0.2) is 35.3 Å². The molecule has 0 saturated heterocycles. The van der Waals surface area contributed by atoms with E-state index in [9.17, 15) is 0 Å². The molecule has 0 saturated carbocycles. The van der Waals surface area contributed by atoms with Crippen molar-refractivity contribution in [2.45, 2.75) is 0 Å². The molecule has 2 N–H and O–H groups in total.